The number of nitrogens with zero attached hydrogens (tertiary/aromatic N) is 1. The molecular formula is C14H14BrNO3. The van der Waals surface area contributed by atoms with Gasteiger partial charge in [-0.25, -0.2) is 4.98 Å². The van der Waals surface area contributed by atoms with E-state index in [4.69, 9.17) is 9.47 Å². The summed E-state index contributed by atoms with van der Waals surface area (Å²) in [4.78, 5) is 4.14. The molecule has 0 saturated carbocycles. The van der Waals surface area contributed by atoms with Crippen molar-refractivity contribution in [2.24, 2.45) is 0 Å². The zero-order valence-corrected chi connectivity index (χ0v) is 12.2. The molecule has 0 unspecified atom stereocenters. The lowest BCUT2D eigenvalue weighted by Crippen LogP contribution is -1.94. The Morgan fingerprint density at radius 1 is 1.26 bits per heavy atom. The molecule has 4 nitrogen and oxygen atoms in total. The number of ether oxygens (including phenoxy) is 2. The molecule has 1 aromatic carbocycles. The van der Waals surface area contributed by atoms with Crippen LogP contribution in [-0.2, 0) is 0 Å². The predicted molar refractivity (Wildman–Crippen MR) is 75.6 cm³/mol. The Hall–Kier alpha value is -1.59. The van der Waals surface area contributed by atoms with Crippen LogP contribution < -0.4 is 9.47 Å². The molecule has 5 heteroatoms. The first-order chi connectivity index (χ1) is 9.10. The zero-order valence-electron chi connectivity index (χ0n) is 10.6. The van der Waals surface area contributed by atoms with E-state index in [0.29, 0.717) is 11.6 Å². The molecule has 0 aliphatic heterocycles. The molecule has 19 heavy (non-hydrogen) atoms. The number of pyridine rings is 1. The smallest absolute Gasteiger partial charge is 0.219 e. The topological polar surface area (TPSA) is 51.6 Å². The van der Waals surface area contributed by atoms with E-state index in [1.807, 2.05) is 12.1 Å². The predicted octanol–water partition coefficient (Wildman–Crippen LogP) is 3.70. The summed E-state index contributed by atoms with van der Waals surface area (Å²) in [6, 6.07) is 8.93. The molecule has 0 aliphatic carbocycles. The molecule has 2 rings (SSSR count). The fourth-order valence-corrected chi connectivity index (χ4v) is 1.94. The maximum Gasteiger partial charge on any atom is 0.219 e. The van der Waals surface area contributed by atoms with E-state index in [9.17, 15) is 5.11 Å². The second-order valence-electron chi connectivity index (χ2n) is 4.00. The summed E-state index contributed by atoms with van der Waals surface area (Å²) in [6.45, 7) is 1.69. The van der Waals surface area contributed by atoms with Gasteiger partial charge in [0.25, 0.3) is 0 Å². The van der Waals surface area contributed by atoms with E-state index >= 15 is 0 Å². The number of rotatable bonds is 4. The van der Waals surface area contributed by atoms with Gasteiger partial charge in [0.15, 0.2) is 0 Å². The minimum Gasteiger partial charge on any atom is -0.497 e. The van der Waals surface area contributed by atoms with E-state index < -0.39 is 6.10 Å². The Labute approximate surface area is 120 Å². The first kappa shape index (κ1) is 13.8. The van der Waals surface area contributed by atoms with Crippen LogP contribution in [0.4, 0.5) is 0 Å². The molecule has 1 N–H and O–H groups in total. The van der Waals surface area contributed by atoms with Crippen molar-refractivity contribution in [3.8, 4) is 17.4 Å². The van der Waals surface area contributed by atoms with Gasteiger partial charge in [0.2, 0.25) is 5.88 Å². The quantitative estimate of drug-likeness (QED) is 0.932. The van der Waals surface area contributed by atoms with Crippen LogP contribution in [0.2, 0.25) is 0 Å². The van der Waals surface area contributed by atoms with Gasteiger partial charge in [0, 0.05) is 12.3 Å². The SMILES string of the molecule is COc1ccc(Oc2ccc([C@H](C)O)cn2)c(Br)c1. The Balaban J connectivity index is 2.16. The molecule has 0 aliphatic rings. The van der Waals surface area contributed by atoms with Crippen molar-refractivity contribution in [3.05, 3.63) is 46.6 Å². The fraction of sp³-hybridized carbons (Fsp3) is 0.214. The second-order valence-corrected chi connectivity index (χ2v) is 4.86. The second kappa shape index (κ2) is 6.04. The number of hydrogen-bond donors (Lipinski definition) is 1. The van der Waals surface area contributed by atoms with E-state index in [1.165, 1.54) is 0 Å². The summed E-state index contributed by atoms with van der Waals surface area (Å²) >= 11 is 3.41. The zero-order chi connectivity index (χ0) is 13.8. The molecule has 1 heterocycles. The molecule has 0 saturated heterocycles. The monoisotopic (exact) mass is 323 g/mol. The lowest BCUT2D eigenvalue weighted by Gasteiger charge is -2.09. The molecule has 0 spiro atoms. The first-order valence-corrected chi connectivity index (χ1v) is 6.55. The minimum absolute atomic E-state index is 0.468. The third kappa shape index (κ3) is 3.45. The van der Waals surface area contributed by atoms with Crippen LogP contribution in [0, 0.1) is 0 Å². The number of halogens is 1. The van der Waals surface area contributed by atoms with Gasteiger partial charge in [-0.1, -0.05) is 0 Å². The Kier molecular flexibility index (Phi) is 4.39. The Bertz CT molecular complexity index is 555. The number of aliphatic hydroxyl groups excluding tert-OH is 1. The van der Waals surface area contributed by atoms with Crippen LogP contribution >= 0.6 is 15.9 Å². The van der Waals surface area contributed by atoms with Gasteiger partial charge in [-0.2, -0.15) is 0 Å². The van der Waals surface area contributed by atoms with Gasteiger partial charge in [-0.05, 0) is 52.7 Å². The summed E-state index contributed by atoms with van der Waals surface area (Å²) < 4.78 is 11.5. The number of aliphatic hydroxyl groups is 1. The van der Waals surface area contributed by atoms with E-state index in [1.54, 1.807) is 38.4 Å². The van der Waals surface area contributed by atoms with Gasteiger partial charge in [0.05, 0.1) is 17.7 Å². The highest BCUT2D eigenvalue weighted by atomic mass is 79.9. The van der Waals surface area contributed by atoms with Crippen LogP contribution in [0.3, 0.4) is 0 Å². The van der Waals surface area contributed by atoms with Gasteiger partial charge >= 0.3 is 0 Å². The van der Waals surface area contributed by atoms with Crippen molar-refractivity contribution < 1.29 is 14.6 Å². The Morgan fingerprint density at radius 3 is 2.58 bits per heavy atom. The molecule has 2 aromatic rings. The van der Waals surface area contributed by atoms with Crippen molar-refractivity contribution in [1.29, 1.82) is 0 Å². The average Bonchev–Trinajstić information content (AvgIpc) is 2.41. The molecule has 0 radical (unpaired) electrons. The van der Waals surface area contributed by atoms with Crippen LogP contribution in [0.15, 0.2) is 41.0 Å². The van der Waals surface area contributed by atoms with E-state index in [-0.39, 0.29) is 0 Å². The summed E-state index contributed by atoms with van der Waals surface area (Å²) in [5, 5.41) is 9.40. The largest absolute Gasteiger partial charge is 0.497 e. The minimum atomic E-state index is -0.533. The third-order valence-electron chi connectivity index (χ3n) is 2.60. The summed E-state index contributed by atoms with van der Waals surface area (Å²) in [6.07, 6.45) is 1.06. The lowest BCUT2D eigenvalue weighted by atomic mass is 10.2. The maximum atomic E-state index is 9.40. The molecule has 0 amide bonds. The number of methoxy groups -OCH3 is 1. The van der Waals surface area contributed by atoms with Crippen LogP contribution in [0.25, 0.3) is 0 Å². The maximum absolute atomic E-state index is 9.40. The van der Waals surface area contributed by atoms with Gasteiger partial charge < -0.3 is 14.6 Å². The average molecular weight is 324 g/mol. The molecular weight excluding hydrogens is 310 g/mol. The summed E-state index contributed by atoms with van der Waals surface area (Å²) in [7, 11) is 1.61. The highest BCUT2D eigenvalue weighted by Gasteiger charge is 2.06. The molecule has 0 bridgehead atoms. The van der Waals surface area contributed by atoms with Crippen LogP contribution in [0.1, 0.15) is 18.6 Å². The van der Waals surface area contributed by atoms with Crippen molar-refractivity contribution in [2.75, 3.05) is 7.11 Å². The third-order valence-corrected chi connectivity index (χ3v) is 3.21. The van der Waals surface area contributed by atoms with E-state index in [2.05, 4.69) is 20.9 Å². The number of benzene rings is 1. The molecule has 0 fully saturated rings. The highest BCUT2D eigenvalue weighted by Crippen LogP contribution is 2.32. The normalized spacial score (nSPS) is 12.0. The van der Waals surface area contributed by atoms with Crippen molar-refractivity contribution in [3.63, 3.8) is 0 Å². The van der Waals surface area contributed by atoms with Crippen LogP contribution in [0.5, 0.6) is 17.4 Å². The van der Waals surface area contributed by atoms with Crippen molar-refractivity contribution in [2.45, 2.75) is 13.0 Å². The lowest BCUT2D eigenvalue weighted by molar-refractivity contribution is 0.198. The van der Waals surface area contributed by atoms with Crippen molar-refractivity contribution in [1.82, 2.24) is 4.98 Å². The molecule has 100 valence electrons. The van der Waals surface area contributed by atoms with E-state index in [0.717, 1.165) is 15.8 Å². The summed E-state index contributed by atoms with van der Waals surface area (Å²) in [5.41, 5.74) is 0.751. The van der Waals surface area contributed by atoms with Crippen LogP contribution in [-0.4, -0.2) is 17.2 Å². The van der Waals surface area contributed by atoms with Gasteiger partial charge in [-0.3, -0.25) is 0 Å². The standard InChI is InChI=1S/C14H14BrNO3/c1-9(17)10-3-6-14(16-8-10)19-13-5-4-11(18-2)7-12(13)15/h3-9,17H,1-2H3/t9-/m0/s1. The fourth-order valence-electron chi connectivity index (χ4n) is 1.50. The highest BCUT2D eigenvalue weighted by molar-refractivity contribution is 9.10. The summed E-state index contributed by atoms with van der Waals surface area (Å²) in [5.74, 6) is 1.87. The van der Waals surface area contributed by atoms with Gasteiger partial charge in [-0.15, -0.1) is 0 Å². The molecule has 1 atom stereocenters. The number of aromatic nitrogens is 1. The van der Waals surface area contributed by atoms with Crippen molar-refractivity contribution >= 4 is 15.9 Å². The number of hydrogen-bond acceptors (Lipinski definition) is 4. The molecule has 1 aromatic heterocycles. The Morgan fingerprint density at radius 2 is 2.05 bits per heavy atom. The first-order valence-electron chi connectivity index (χ1n) is 5.75. The van der Waals surface area contributed by atoms with Gasteiger partial charge in [0.1, 0.15) is 11.5 Å².